The lowest BCUT2D eigenvalue weighted by atomic mass is 9.90. The number of hydrogen-bond acceptors (Lipinski definition) is 4. The van der Waals surface area contributed by atoms with Gasteiger partial charge in [-0.2, -0.15) is 22.0 Å². The van der Waals surface area contributed by atoms with Gasteiger partial charge in [0.25, 0.3) is 11.8 Å². The zero-order chi connectivity index (χ0) is 25.3. The fourth-order valence-corrected chi connectivity index (χ4v) is 3.65. The number of rotatable bonds is 5. The Bertz CT molecular complexity index is 1050. The van der Waals surface area contributed by atoms with Gasteiger partial charge in [0.15, 0.2) is 6.10 Å². The molecule has 7 nitrogen and oxygen atoms in total. The molecule has 0 fully saturated rings. The summed E-state index contributed by atoms with van der Waals surface area (Å²) in [5.74, 6) is -6.56. The van der Waals surface area contributed by atoms with Crippen LogP contribution in [0.1, 0.15) is 36.9 Å². The average Bonchev–Trinajstić information content (AvgIpc) is 2.87. The summed E-state index contributed by atoms with van der Waals surface area (Å²) < 4.78 is 67.2. The number of alkyl halides is 5. The van der Waals surface area contributed by atoms with Gasteiger partial charge in [0.2, 0.25) is 0 Å². The van der Waals surface area contributed by atoms with Gasteiger partial charge in [-0.3, -0.25) is 9.59 Å². The molecule has 34 heavy (non-hydrogen) atoms. The van der Waals surface area contributed by atoms with Crippen molar-refractivity contribution >= 4 is 23.5 Å². The Hall–Kier alpha value is -3.44. The lowest BCUT2D eigenvalue weighted by Gasteiger charge is -2.25. The van der Waals surface area contributed by atoms with E-state index in [1.807, 2.05) is 18.2 Å². The molecule has 2 N–H and O–H groups in total. The van der Waals surface area contributed by atoms with Gasteiger partial charge in [-0.1, -0.05) is 30.3 Å². The van der Waals surface area contributed by atoms with Crippen molar-refractivity contribution in [1.29, 1.82) is 0 Å². The molecule has 1 heterocycles. The number of ether oxygens (including phenoxy) is 1. The Labute approximate surface area is 191 Å². The van der Waals surface area contributed by atoms with E-state index in [2.05, 4.69) is 10.1 Å². The summed E-state index contributed by atoms with van der Waals surface area (Å²) in [4.78, 5) is 38.9. The predicted octanol–water partition coefficient (Wildman–Crippen LogP) is 3.69. The van der Waals surface area contributed by atoms with Crippen LogP contribution < -0.4 is 10.6 Å². The first-order valence-electron chi connectivity index (χ1n) is 10.3. The molecule has 0 spiro atoms. The molecule has 184 valence electrons. The molecular formula is C22H22F5N3O4. The first-order chi connectivity index (χ1) is 15.8. The predicted molar refractivity (Wildman–Crippen MR) is 110 cm³/mol. The number of amides is 3. The maximum Gasteiger partial charge on any atom is 0.455 e. The molecule has 1 aliphatic carbocycles. The molecule has 1 aromatic carbocycles. The Morgan fingerprint density at radius 3 is 2.56 bits per heavy atom. The third-order valence-corrected chi connectivity index (χ3v) is 5.49. The fourth-order valence-electron chi connectivity index (χ4n) is 3.65. The zero-order valence-corrected chi connectivity index (χ0v) is 18.2. The van der Waals surface area contributed by atoms with Gasteiger partial charge in [-0.25, -0.2) is 4.79 Å². The quantitative estimate of drug-likeness (QED) is 0.621. The fraction of sp³-hybridized carbons (Fsp3) is 0.409. The van der Waals surface area contributed by atoms with Gasteiger partial charge in [0.1, 0.15) is 6.04 Å². The highest BCUT2D eigenvalue weighted by atomic mass is 19.4. The Morgan fingerprint density at radius 2 is 1.88 bits per heavy atom. The summed E-state index contributed by atoms with van der Waals surface area (Å²) >= 11 is 0. The first kappa shape index (κ1) is 25.2. The summed E-state index contributed by atoms with van der Waals surface area (Å²) in [5, 5.41) is 3.79. The number of nitrogens with zero attached hydrogens (tertiary/aromatic N) is 1. The summed E-state index contributed by atoms with van der Waals surface area (Å²) in [6, 6.07) is 5.85. The lowest BCUT2D eigenvalue weighted by molar-refractivity contribution is -0.278. The van der Waals surface area contributed by atoms with E-state index in [1.165, 1.54) is 10.2 Å². The van der Waals surface area contributed by atoms with Crippen LogP contribution in [0.4, 0.5) is 26.7 Å². The smallest absolute Gasteiger partial charge is 0.436 e. The monoisotopic (exact) mass is 487 g/mol. The highest BCUT2D eigenvalue weighted by Crippen LogP contribution is 2.38. The number of likely N-dealkylation sites (N-methyl/N-ethyl adjacent to an activating group) is 1. The van der Waals surface area contributed by atoms with E-state index >= 15 is 0 Å². The summed E-state index contributed by atoms with van der Waals surface area (Å²) in [5.41, 5.74) is 2.91. The summed E-state index contributed by atoms with van der Waals surface area (Å²) in [6.07, 6.45) is -3.87. The van der Waals surface area contributed by atoms with Crippen molar-refractivity contribution in [2.24, 2.45) is 0 Å². The molecule has 1 unspecified atom stereocenters. The standard InChI is InChI=1S/C22H22F5N3O4/c1-12(34-20(33)28-11-21(23,24)22(25,26)27)18(31)29-17-15-9-4-3-7-13(15)14-8-5-6-10-16(14)30(2)19(17)32/h3-4,6-7,9-10,12,17H,5,8,11H2,1-2H3,(H,28,33)(H,29,31)/t12-,17?/m1/s1. The second-order valence-electron chi connectivity index (χ2n) is 7.83. The van der Waals surface area contributed by atoms with Crippen LogP contribution in [0.5, 0.6) is 0 Å². The third kappa shape index (κ3) is 5.05. The van der Waals surface area contributed by atoms with Gasteiger partial charge in [0, 0.05) is 12.7 Å². The van der Waals surface area contributed by atoms with Crippen LogP contribution in [-0.2, 0) is 14.3 Å². The van der Waals surface area contributed by atoms with Gasteiger partial charge in [0.05, 0.1) is 6.54 Å². The molecule has 0 saturated heterocycles. The van der Waals surface area contributed by atoms with E-state index in [-0.39, 0.29) is 0 Å². The molecule has 2 atom stereocenters. The van der Waals surface area contributed by atoms with Crippen LogP contribution in [0.25, 0.3) is 5.57 Å². The number of carbonyl (C=O) groups is 3. The molecule has 2 aliphatic rings. The van der Waals surface area contributed by atoms with Crippen LogP contribution >= 0.6 is 0 Å². The third-order valence-electron chi connectivity index (χ3n) is 5.49. The minimum absolute atomic E-state index is 0.459. The number of benzene rings is 1. The van der Waals surface area contributed by atoms with E-state index in [1.54, 1.807) is 25.2 Å². The highest BCUT2D eigenvalue weighted by Gasteiger charge is 2.57. The van der Waals surface area contributed by atoms with Crippen LogP contribution in [0, 0.1) is 0 Å². The second-order valence-corrected chi connectivity index (χ2v) is 7.83. The first-order valence-corrected chi connectivity index (χ1v) is 10.3. The summed E-state index contributed by atoms with van der Waals surface area (Å²) in [7, 11) is 1.56. The maximum absolute atomic E-state index is 13.2. The molecule has 1 aromatic rings. The Morgan fingerprint density at radius 1 is 1.21 bits per heavy atom. The Kier molecular flexibility index (Phi) is 6.99. The largest absolute Gasteiger partial charge is 0.455 e. The minimum Gasteiger partial charge on any atom is -0.436 e. The van der Waals surface area contributed by atoms with Crippen molar-refractivity contribution in [3.63, 3.8) is 0 Å². The van der Waals surface area contributed by atoms with E-state index in [9.17, 15) is 36.3 Å². The lowest BCUT2D eigenvalue weighted by Crippen LogP contribution is -2.48. The van der Waals surface area contributed by atoms with E-state index < -0.39 is 48.7 Å². The zero-order valence-electron chi connectivity index (χ0n) is 18.2. The van der Waals surface area contributed by atoms with Gasteiger partial charge >= 0.3 is 18.2 Å². The molecular weight excluding hydrogens is 465 g/mol. The molecule has 3 rings (SSSR count). The number of halogens is 5. The van der Waals surface area contributed by atoms with Crippen molar-refractivity contribution < 1.29 is 41.1 Å². The Balaban J connectivity index is 1.72. The topological polar surface area (TPSA) is 87.7 Å². The molecule has 3 amide bonds. The van der Waals surface area contributed by atoms with Crippen molar-refractivity contribution in [3.8, 4) is 0 Å². The normalized spacial score (nSPS) is 19.1. The molecule has 12 heteroatoms. The van der Waals surface area contributed by atoms with Crippen molar-refractivity contribution in [2.45, 2.75) is 44.0 Å². The van der Waals surface area contributed by atoms with Crippen LogP contribution in [-0.4, -0.2) is 54.6 Å². The molecule has 0 saturated carbocycles. The SMILES string of the molecule is C[C@@H](OC(=O)NCC(F)(F)C(F)(F)F)C(=O)NC1C(=O)N(C)C2=C(CCC=C2)c2ccccc21. The van der Waals surface area contributed by atoms with E-state index in [4.69, 9.17) is 0 Å². The van der Waals surface area contributed by atoms with Crippen molar-refractivity contribution in [1.82, 2.24) is 15.5 Å². The van der Waals surface area contributed by atoms with Crippen molar-refractivity contribution in [2.75, 3.05) is 13.6 Å². The van der Waals surface area contributed by atoms with E-state index in [0.717, 1.165) is 24.5 Å². The van der Waals surface area contributed by atoms with Gasteiger partial charge in [-0.15, -0.1) is 0 Å². The van der Waals surface area contributed by atoms with Crippen molar-refractivity contribution in [3.05, 3.63) is 53.2 Å². The van der Waals surface area contributed by atoms with Gasteiger partial charge < -0.3 is 20.3 Å². The maximum atomic E-state index is 13.2. The number of hydrogen-bond donors (Lipinski definition) is 2. The molecule has 1 aliphatic heterocycles. The second kappa shape index (κ2) is 9.43. The number of nitrogens with one attached hydrogen (secondary N) is 2. The molecule has 0 radical (unpaired) electrons. The number of allylic oxidation sites excluding steroid dienone is 3. The molecule has 0 aromatic heterocycles. The number of alkyl carbamates (subject to hydrolysis) is 1. The van der Waals surface area contributed by atoms with Gasteiger partial charge in [-0.05, 0) is 42.5 Å². The minimum atomic E-state index is -5.86. The van der Waals surface area contributed by atoms with Crippen LogP contribution in [0.2, 0.25) is 0 Å². The molecule has 0 bridgehead atoms. The van der Waals surface area contributed by atoms with Crippen LogP contribution in [0.15, 0.2) is 42.1 Å². The number of carbonyl (C=O) groups excluding carboxylic acids is 3. The van der Waals surface area contributed by atoms with Crippen LogP contribution in [0.3, 0.4) is 0 Å². The average molecular weight is 487 g/mol. The summed E-state index contributed by atoms with van der Waals surface area (Å²) in [6.45, 7) is -0.951. The highest BCUT2D eigenvalue weighted by molar-refractivity contribution is 5.96. The number of fused-ring (bicyclic) bond motifs is 2. The van der Waals surface area contributed by atoms with E-state index in [0.29, 0.717) is 17.7 Å².